The van der Waals surface area contributed by atoms with Crippen molar-refractivity contribution in [3.8, 4) is 11.9 Å². The van der Waals surface area contributed by atoms with Gasteiger partial charge in [0, 0.05) is 0 Å². The molecule has 0 aliphatic carbocycles. The molecule has 2 aromatic rings. The van der Waals surface area contributed by atoms with Gasteiger partial charge >= 0.3 is 5.69 Å². The number of hydrogen-bond acceptors (Lipinski definition) is 7. The zero-order valence-electron chi connectivity index (χ0n) is 8.91. The van der Waals surface area contributed by atoms with Crippen molar-refractivity contribution >= 4 is 5.69 Å². The van der Waals surface area contributed by atoms with Crippen LogP contribution in [0.4, 0.5) is 5.69 Å². The molecule has 2 heterocycles. The highest BCUT2D eigenvalue weighted by molar-refractivity contribution is 5.45. The van der Waals surface area contributed by atoms with E-state index in [0.29, 0.717) is 0 Å². The lowest BCUT2D eigenvalue weighted by atomic mass is 10.3. The van der Waals surface area contributed by atoms with Gasteiger partial charge in [0.25, 0.3) is 0 Å². The Morgan fingerprint density at radius 3 is 2.71 bits per heavy atom. The van der Waals surface area contributed by atoms with Gasteiger partial charge in [-0.05, 0) is 24.2 Å². The second-order valence-corrected chi connectivity index (χ2v) is 3.24. The number of aromatic nitrogens is 4. The zero-order chi connectivity index (χ0) is 12.6. The summed E-state index contributed by atoms with van der Waals surface area (Å²) in [5, 5.41) is 30.4. The van der Waals surface area contributed by atoms with Crippen LogP contribution in [0.1, 0.15) is 17.1 Å². The second-order valence-electron chi connectivity index (χ2n) is 3.24. The molecule has 0 saturated carbocycles. The fourth-order valence-electron chi connectivity index (χ4n) is 1.50. The van der Waals surface area contributed by atoms with E-state index in [1.165, 1.54) is 18.5 Å². The molecule has 0 amide bonds. The van der Waals surface area contributed by atoms with E-state index in [9.17, 15) is 10.1 Å². The van der Waals surface area contributed by atoms with Gasteiger partial charge in [0.1, 0.15) is 17.5 Å². The second kappa shape index (κ2) is 3.67. The lowest BCUT2D eigenvalue weighted by Gasteiger charge is -1.95. The molecule has 0 fully saturated rings. The van der Waals surface area contributed by atoms with Crippen molar-refractivity contribution in [3.05, 3.63) is 27.2 Å². The van der Waals surface area contributed by atoms with Crippen LogP contribution >= 0.6 is 0 Å². The molecule has 86 valence electrons. The van der Waals surface area contributed by atoms with E-state index in [2.05, 4.69) is 20.0 Å². The number of aryl methyl sites for hydroxylation is 1. The minimum absolute atomic E-state index is 0.0428. The van der Waals surface area contributed by atoms with Crippen LogP contribution in [-0.4, -0.2) is 25.0 Å². The Morgan fingerprint density at radius 2 is 2.18 bits per heavy atom. The largest absolute Gasteiger partial charge is 0.313 e. The minimum atomic E-state index is -0.534. The molecule has 0 aliphatic rings. The molecular weight excluding hydrogens is 228 g/mol. The monoisotopic (exact) mass is 234 g/mol. The maximum atomic E-state index is 10.8. The molecule has 0 bridgehead atoms. The number of hydrogen-bond donors (Lipinski definition) is 0. The number of rotatable bonds is 2. The Kier molecular flexibility index (Phi) is 2.32. The van der Waals surface area contributed by atoms with Crippen molar-refractivity contribution in [1.82, 2.24) is 20.1 Å². The van der Waals surface area contributed by atoms with Crippen LogP contribution in [0.5, 0.6) is 0 Å². The summed E-state index contributed by atoms with van der Waals surface area (Å²) in [7, 11) is 0. The Balaban J connectivity index is 2.67. The van der Waals surface area contributed by atoms with E-state index in [-0.39, 0.29) is 28.6 Å². The van der Waals surface area contributed by atoms with Gasteiger partial charge in [-0.25, -0.2) is 9.31 Å². The maximum Gasteiger partial charge on any atom is 0.313 e. The Morgan fingerprint density at radius 1 is 1.47 bits per heavy atom. The fraction of sp³-hybridized carbons (Fsp3) is 0.250. The summed E-state index contributed by atoms with van der Waals surface area (Å²) in [6.07, 6.45) is 0. The van der Waals surface area contributed by atoms with Gasteiger partial charge in [0.05, 0.1) is 4.92 Å². The average molecular weight is 234 g/mol. The quantitative estimate of drug-likeness (QED) is 0.551. The predicted octanol–water partition coefficient (Wildman–Crippen LogP) is 0.652. The van der Waals surface area contributed by atoms with Crippen LogP contribution in [0.15, 0.2) is 4.63 Å². The molecular formula is C8H6N6O3. The topological polar surface area (TPSA) is 124 Å². The van der Waals surface area contributed by atoms with Crippen molar-refractivity contribution in [3.63, 3.8) is 0 Å². The van der Waals surface area contributed by atoms with Crippen LogP contribution in [0.3, 0.4) is 0 Å². The van der Waals surface area contributed by atoms with E-state index in [4.69, 9.17) is 5.26 Å². The molecule has 0 aromatic carbocycles. The van der Waals surface area contributed by atoms with Crippen molar-refractivity contribution in [2.75, 3.05) is 0 Å². The molecule has 17 heavy (non-hydrogen) atoms. The third kappa shape index (κ3) is 1.51. The van der Waals surface area contributed by atoms with Gasteiger partial charge < -0.3 is 0 Å². The van der Waals surface area contributed by atoms with Crippen LogP contribution in [-0.2, 0) is 0 Å². The molecule has 9 heteroatoms. The molecule has 0 aliphatic heterocycles. The van der Waals surface area contributed by atoms with E-state index in [1.54, 1.807) is 6.07 Å². The highest BCUT2D eigenvalue weighted by Crippen LogP contribution is 2.24. The summed E-state index contributed by atoms with van der Waals surface area (Å²) >= 11 is 0. The number of nitriles is 1. The van der Waals surface area contributed by atoms with Gasteiger partial charge in [-0.3, -0.25) is 10.1 Å². The van der Waals surface area contributed by atoms with Crippen LogP contribution in [0.25, 0.3) is 5.82 Å². The van der Waals surface area contributed by atoms with E-state index < -0.39 is 4.92 Å². The average Bonchev–Trinajstić information content (AvgIpc) is 2.82. The first kappa shape index (κ1) is 10.7. The minimum Gasteiger partial charge on any atom is -0.258 e. The molecule has 9 nitrogen and oxygen atoms in total. The van der Waals surface area contributed by atoms with Crippen LogP contribution in [0, 0.1) is 35.3 Å². The first-order chi connectivity index (χ1) is 8.06. The molecule has 0 unspecified atom stereocenters. The molecule has 0 spiro atoms. The van der Waals surface area contributed by atoms with E-state index in [0.717, 1.165) is 0 Å². The molecule has 0 N–H and O–H groups in total. The first-order valence-electron chi connectivity index (χ1n) is 4.50. The van der Waals surface area contributed by atoms with Crippen molar-refractivity contribution < 1.29 is 9.55 Å². The van der Waals surface area contributed by atoms with Crippen molar-refractivity contribution in [2.45, 2.75) is 13.8 Å². The summed E-state index contributed by atoms with van der Waals surface area (Å²) in [6.45, 7) is 3.01. The van der Waals surface area contributed by atoms with Gasteiger partial charge in [-0.15, -0.1) is 0 Å². The highest BCUT2D eigenvalue weighted by atomic mass is 16.6. The molecule has 2 rings (SSSR count). The van der Waals surface area contributed by atoms with Crippen LogP contribution < -0.4 is 0 Å². The molecule has 0 saturated heterocycles. The van der Waals surface area contributed by atoms with Gasteiger partial charge in [0.2, 0.25) is 11.5 Å². The lowest BCUT2D eigenvalue weighted by molar-refractivity contribution is -0.386. The first-order valence-corrected chi connectivity index (χ1v) is 4.50. The van der Waals surface area contributed by atoms with Gasteiger partial charge in [-0.2, -0.15) is 10.4 Å². The molecule has 0 atom stereocenters. The third-order valence-electron chi connectivity index (χ3n) is 2.21. The lowest BCUT2D eigenvalue weighted by Crippen LogP contribution is -2.02. The van der Waals surface area contributed by atoms with E-state index >= 15 is 0 Å². The summed E-state index contributed by atoms with van der Waals surface area (Å²) in [5.41, 5.74) is 0.307. The Hall–Kier alpha value is -2.76. The Bertz CT molecular complexity index is 634. The zero-order valence-corrected chi connectivity index (χ0v) is 8.91. The third-order valence-corrected chi connectivity index (χ3v) is 2.21. The standard InChI is InChI=1S/C8H6N6O3/c1-4-7(14(15)16)5(2)13(10-4)8-6(3-9)11-17-12-8/h1-2H3. The SMILES string of the molecule is Cc1nn(-c2nonc2C#N)c(C)c1[N+](=O)[O-]. The summed E-state index contributed by atoms with van der Waals surface area (Å²) in [4.78, 5) is 10.3. The molecule has 2 aromatic heterocycles. The summed E-state index contributed by atoms with van der Waals surface area (Å²) in [6, 6.07) is 1.76. The van der Waals surface area contributed by atoms with Gasteiger partial charge in [-0.1, -0.05) is 0 Å². The van der Waals surface area contributed by atoms with Gasteiger partial charge in [0.15, 0.2) is 0 Å². The molecule has 0 radical (unpaired) electrons. The van der Waals surface area contributed by atoms with Crippen LogP contribution in [0.2, 0.25) is 0 Å². The smallest absolute Gasteiger partial charge is 0.258 e. The summed E-state index contributed by atoms with van der Waals surface area (Å²) < 4.78 is 5.57. The highest BCUT2D eigenvalue weighted by Gasteiger charge is 2.25. The maximum absolute atomic E-state index is 10.8. The Labute approximate surface area is 94.4 Å². The van der Waals surface area contributed by atoms with Crippen molar-refractivity contribution in [1.29, 1.82) is 5.26 Å². The van der Waals surface area contributed by atoms with E-state index in [1.807, 2.05) is 0 Å². The number of nitrogens with zero attached hydrogens (tertiary/aromatic N) is 6. The predicted molar refractivity (Wildman–Crippen MR) is 52.3 cm³/mol. The normalized spacial score (nSPS) is 10.2. The van der Waals surface area contributed by atoms with Crippen molar-refractivity contribution in [2.24, 2.45) is 0 Å². The number of nitro groups is 1. The summed E-state index contributed by atoms with van der Waals surface area (Å²) in [5.74, 6) is 0.0428. The fourth-order valence-corrected chi connectivity index (χ4v) is 1.50.